The number of fused-ring (bicyclic) bond motifs is 2. The van der Waals surface area contributed by atoms with Gasteiger partial charge in [-0.2, -0.15) is 0 Å². The van der Waals surface area contributed by atoms with Gasteiger partial charge in [0.1, 0.15) is 0 Å². The van der Waals surface area contributed by atoms with Crippen LogP contribution in [0.4, 0.5) is 0 Å². The fraction of sp³-hybridized carbons (Fsp3) is 0.182. The van der Waals surface area contributed by atoms with Crippen molar-refractivity contribution in [2.24, 2.45) is 0 Å². The maximum Gasteiger partial charge on any atom is 0.346 e. The first kappa shape index (κ1) is 9.08. The van der Waals surface area contributed by atoms with Crippen molar-refractivity contribution in [3.63, 3.8) is 0 Å². The number of hydrogen-bond donors (Lipinski definition) is 1. The Morgan fingerprint density at radius 2 is 2.00 bits per heavy atom. The summed E-state index contributed by atoms with van der Waals surface area (Å²) in [5.41, 5.74) is 3.74. The molecule has 2 aromatic heterocycles. The number of aromatic amines is 1. The molecule has 0 amide bonds. The number of benzene rings is 1. The van der Waals surface area contributed by atoms with Crippen LogP contribution in [0.15, 0.2) is 21.9 Å². The lowest BCUT2D eigenvalue weighted by molar-refractivity contribution is 0.501. The Kier molecular flexibility index (Phi) is 1.65. The summed E-state index contributed by atoms with van der Waals surface area (Å²) in [5, 5.41) is 0.525. The van der Waals surface area contributed by atoms with Gasteiger partial charge >= 0.3 is 5.63 Å². The Bertz CT molecular complexity index is 755. The minimum absolute atomic E-state index is 0.359. The van der Waals surface area contributed by atoms with E-state index in [1.165, 1.54) is 6.39 Å². The summed E-state index contributed by atoms with van der Waals surface area (Å²) < 4.78 is 4.80. The standard InChI is InChI=1S/C11H9N3O2/c1-5-7-8(14-4-16-11(7)15)6(2)10-9(5)12-3-13-10/h3-4H,1-2H3,(H,12,13). The molecule has 0 bridgehead atoms. The van der Waals surface area contributed by atoms with Crippen molar-refractivity contribution in [2.75, 3.05) is 0 Å². The van der Waals surface area contributed by atoms with E-state index in [1.807, 2.05) is 13.8 Å². The van der Waals surface area contributed by atoms with Crippen LogP contribution in [0.5, 0.6) is 0 Å². The summed E-state index contributed by atoms with van der Waals surface area (Å²) >= 11 is 0. The maximum absolute atomic E-state index is 11.7. The molecule has 5 nitrogen and oxygen atoms in total. The van der Waals surface area contributed by atoms with Crippen LogP contribution >= 0.6 is 0 Å². The number of aryl methyl sites for hydroxylation is 2. The number of hydrogen-bond acceptors (Lipinski definition) is 4. The third-order valence-corrected chi connectivity index (χ3v) is 2.88. The third kappa shape index (κ3) is 0.970. The van der Waals surface area contributed by atoms with Gasteiger partial charge in [-0.25, -0.2) is 14.8 Å². The lowest BCUT2D eigenvalue weighted by Gasteiger charge is -2.04. The van der Waals surface area contributed by atoms with Gasteiger partial charge in [-0.1, -0.05) is 0 Å². The summed E-state index contributed by atoms with van der Waals surface area (Å²) in [7, 11) is 0. The van der Waals surface area contributed by atoms with Crippen molar-refractivity contribution in [3.05, 3.63) is 34.3 Å². The van der Waals surface area contributed by atoms with Crippen LogP contribution in [0.25, 0.3) is 21.9 Å². The molecule has 0 fully saturated rings. The molecule has 3 aromatic rings. The Labute approximate surface area is 90.1 Å². The van der Waals surface area contributed by atoms with Gasteiger partial charge in [0.15, 0.2) is 6.39 Å². The van der Waals surface area contributed by atoms with Gasteiger partial charge in [0.05, 0.1) is 28.3 Å². The zero-order valence-corrected chi connectivity index (χ0v) is 8.87. The van der Waals surface area contributed by atoms with Crippen molar-refractivity contribution in [3.8, 4) is 0 Å². The van der Waals surface area contributed by atoms with Gasteiger partial charge in [0.2, 0.25) is 0 Å². The zero-order chi connectivity index (χ0) is 11.3. The van der Waals surface area contributed by atoms with Crippen LogP contribution in [-0.2, 0) is 0 Å². The summed E-state index contributed by atoms with van der Waals surface area (Å²) in [6.45, 7) is 3.76. The largest absolute Gasteiger partial charge is 0.411 e. The molecule has 0 aliphatic heterocycles. The monoisotopic (exact) mass is 215 g/mol. The van der Waals surface area contributed by atoms with Gasteiger partial charge in [-0.15, -0.1) is 0 Å². The van der Waals surface area contributed by atoms with E-state index in [0.29, 0.717) is 10.9 Å². The molecule has 0 saturated carbocycles. The Morgan fingerprint density at radius 1 is 1.19 bits per heavy atom. The highest BCUT2D eigenvalue weighted by Crippen LogP contribution is 2.26. The molecule has 2 heterocycles. The van der Waals surface area contributed by atoms with Crippen molar-refractivity contribution in [1.82, 2.24) is 15.0 Å². The molecule has 0 aliphatic carbocycles. The van der Waals surface area contributed by atoms with Crippen LogP contribution < -0.4 is 5.63 Å². The highest BCUT2D eigenvalue weighted by Gasteiger charge is 2.14. The minimum Gasteiger partial charge on any atom is -0.411 e. The maximum atomic E-state index is 11.7. The first-order chi connectivity index (χ1) is 7.70. The molecule has 1 aromatic carbocycles. The molecule has 0 radical (unpaired) electrons. The Hall–Kier alpha value is -2.17. The van der Waals surface area contributed by atoms with E-state index in [0.717, 1.165) is 22.2 Å². The van der Waals surface area contributed by atoms with Crippen molar-refractivity contribution < 1.29 is 4.42 Å². The van der Waals surface area contributed by atoms with Crippen molar-refractivity contribution in [2.45, 2.75) is 13.8 Å². The van der Waals surface area contributed by atoms with Gasteiger partial charge in [0.25, 0.3) is 0 Å². The van der Waals surface area contributed by atoms with Crippen LogP contribution in [0.3, 0.4) is 0 Å². The molecule has 0 spiro atoms. The SMILES string of the molecule is Cc1c2nc[nH]c2c(C)c2c(=O)ocnc12. The lowest BCUT2D eigenvalue weighted by Crippen LogP contribution is -2.04. The fourth-order valence-corrected chi connectivity index (χ4v) is 2.06. The zero-order valence-electron chi connectivity index (χ0n) is 8.87. The average Bonchev–Trinajstić information content (AvgIpc) is 2.75. The second kappa shape index (κ2) is 2.91. The molecule has 3 rings (SSSR count). The van der Waals surface area contributed by atoms with Crippen LogP contribution in [-0.4, -0.2) is 15.0 Å². The summed E-state index contributed by atoms with van der Waals surface area (Å²) in [5.74, 6) is 0. The van der Waals surface area contributed by atoms with E-state index in [2.05, 4.69) is 15.0 Å². The van der Waals surface area contributed by atoms with Gasteiger partial charge in [0, 0.05) is 5.56 Å². The second-order valence-corrected chi connectivity index (χ2v) is 3.74. The second-order valence-electron chi connectivity index (χ2n) is 3.74. The highest BCUT2D eigenvalue weighted by atomic mass is 16.4. The normalized spacial score (nSPS) is 11.4. The van der Waals surface area contributed by atoms with Crippen molar-refractivity contribution >= 4 is 21.9 Å². The summed E-state index contributed by atoms with van der Waals surface area (Å²) in [6, 6.07) is 0. The van der Waals surface area contributed by atoms with Gasteiger partial charge in [-0.05, 0) is 19.4 Å². The first-order valence-corrected chi connectivity index (χ1v) is 4.90. The van der Waals surface area contributed by atoms with E-state index in [-0.39, 0.29) is 5.63 Å². The molecule has 80 valence electrons. The molecule has 0 aliphatic rings. The van der Waals surface area contributed by atoms with E-state index >= 15 is 0 Å². The number of imidazole rings is 1. The predicted molar refractivity (Wildman–Crippen MR) is 59.4 cm³/mol. The quantitative estimate of drug-likeness (QED) is 0.619. The Morgan fingerprint density at radius 3 is 2.81 bits per heavy atom. The fourth-order valence-electron chi connectivity index (χ4n) is 2.06. The number of H-pyrrole nitrogens is 1. The van der Waals surface area contributed by atoms with Crippen molar-refractivity contribution in [1.29, 1.82) is 0 Å². The minimum atomic E-state index is -0.359. The number of aromatic nitrogens is 3. The van der Waals surface area contributed by atoms with E-state index < -0.39 is 0 Å². The lowest BCUT2D eigenvalue weighted by atomic mass is 10.0. The Balaban J connectivity index is 2.76. The number of nitrogens with one attached hydrogen (secondary N) is 1. The average molecular weight is 215 g/mol. The van der Waals surface area contributed by atoms with Crippen LogP contribution in [0.2, 0.25) is 0 Å². The first-order valence-electron chi connectivity index (χ1n) is 4.90. The molecular formula is C11H9N3O2. The highest BCUT2D eigenvalue weighted by molar-refractivity contribution is 5.99. The topological polar surface area (TPSA) is 71.8 Å². The smallest absolute Gasteiger partial charge is 0.346 e. The van der Waals surface area contributed by atoms with E-state index in [1.54, 1.807) is 6.33 Å². The molecule has 1 N–H and O–H groups in total. The molecule has 5 heteroatoms. The van der Waals surface area contributed by atoms with Gasteiger partial charge < -0.3 is 9.40 Å². The van der Waals surface area contributed by atoms with Crippen LogP contribution in [0, 0.1) is 13.8 Å². The van der Waals surface area contributed by atoms with Crippen LogP contribution in [0.1, 0.15) is 11.1 Å². The molecule has 0 unspecified atom stereocenters. The number of nitrogens with zero attached hydrogens (tertiary/aromatic N) is 2. The number of rotatable bonds is 0. The predicted octanol–water partition coefficient (Wildman–Crippen LogP) is 1.68. The molecule has 0 atom stereocenters. The van der Waals surface area contributed by atoms with E-state index in [4.69, 9.17) is 4.42 Å². The van der Waals surface area contributed by atoms with Gasteiger partial charge in [-0.3, -0.25) is 0 Å². The molecular weight excluding hydrogens is 206 g/mol. The third-order valence-electron chi connectivity index (χ3n) is 2.88. The summed E-state index contributed by atoms with van der Waals surface area (Å²) in [4.78, 5) is 23.0. The van der Waals surface area contributed by atoms with E-state index in [9.17, 15) is 4.79 Å². The summed E-state index contributed by atoms with van der Waals surface area (Å²) in [6.07, 6.45) is 2.79. The molecule has 0 saturated heterocycles. The molecule has 16 heavy (non-hydrogen) atoms.